The molecule has 0 aliphatic carbocycles. The quantitative estimate of drug-likeness (QED) is 0.879. The summed E-state index contributed by atoms with van der Waals surface area (Å²) >= 11 is 0. The maximum atomic E-state index is 13.0. The molecule has 0 bridgehead atoms. The maximum Gasteiger partial charge on any atom is 0.433 e. The minimum atomic E-state index is -4.53. The second-order valence-electron chi connectivity index (χ2n) is 6.17. The summed E-state index contributed by atoms with van der Waals surface area (Å²) in [6.45, 7) is 5.86. The van der Waals surface area contributed by atoms with Crippen molar-refractivity contribution in [2.75, 3.05) is 10.6 Å². The number of benzene rings is 1. The van der Waals surface area contributed by atoms with E-state index in [1.165, 1.54) is 0 Å². The number of rotatable bonds is 4. The Bertz CT molecular complexity index is 649. The molecular formula is C16H19F3N4. The van der Waals surface area contributed by atoms with Gasteiger partial charge in [-0.15, -0.1) is 0 Å². The van der Waals surface area contributed by atoms with Gasteiger partial charge in [0.05, 0.1) is 0 Å². The van der Waals surface area contributed by atoms with E-state index in [4.69, 9.17) is 0 Å². The molecule has 0 unspecified atom stereocenters. The van der Waals surface area contributed by atoms with Gasteiger partial charge >= 0.3 is 6.18 Å². The van der Waals surface area contributed by atoms with E-state index in [1.807, 2.05) is 51.1 Å². The number of hydrogen-bond acceptors (Lipinski definition) is 4. The molecule has 0 radical (unpaired) electrons. The lowest BCUT2D eigenvalue weighted by molar-refractivity contribution is -0.141. The van der Waals surface area contributed by atoms with E-state index in [0.29, 0.717) is 6.54 Å². The van der Waals surface area contributed by atoms with Crippen molar-refractivity contribution in [3.63, 3.8) is 0 Å². The van der Waals surface area contributed by atoms with Crippen molar-refractivity contribution in [2.24, 2.45) is 0 Å². The number of alkyl halides is 3. The van der Waals surface area contributed by atoms with Gasteiger partial charge in [0, 0.05) is 18.2 Å². The summed E-state index contributed by atoms with van der Waals surface area (Å²) in [6, 6.07) is 10.3. The summed E-state index contributed by atoms with van der Waals surface area (Å²) in [4.78, 5) is 7.67. The Morgan fingerprint density at radius 2 is 1.65 bits per heavy atom. The van der Waals surface area contributed by atoms with Crippen molar-refractivity contribution in [3.05, 3.63) is 47.7 Å². The molecule has 0 amide bonds. The van der Waals surface area contributed by atoms with Gasteiger partial charge < -0.3 is 10.6 Å². The normalized spacial score (nSPS) is 12.1. The molecule has 1 aromatic carbocycles. The molecule has 1 aromatic heterocycles. The van der Waals surface area contributed by atoms with Crippen LogP contribution in [0.15, 0.2) is 36.4 Å². The molecule has 2 aromatic rings. The molecular weight excluding hydrogens is 305 g/mol. The van der Waals surface area contributed by atoms with Crippen LogP contribution in [0.3, 0.4) is 0 Å². The van der Waals surface area contributed by atoms with Gasteiger partial charge in [-0.25, -0.2) is 4.98 Å². The average Bonchev–Trinajstić information content (AvgIpc) is 2.43. The Morgan fingerprint density at radius 1 is 1.00 bits per heavy atom. The number of nitrogens with one attached hydrogen (secondary N) is 2. The Labute approximate surface area is 133 Å². The number of anilines is 2. The lowest BCUT2D eigenvalue weighted by atomic mass is 10.1. The van der Waals surface area contributed by atoms with Gasteiger partial charge in [0.1, 0.15) is 5.82 Å². The molecule has 4 nitrogen and oxygen atoms in total. The second kappa shape index (κ2) is 6.44. The summed E-state index contributed by atoms with van der Waals surface area (Å²) in [5.41, 5.74) is -0.471. The van der Waals surface area contributed by atoms with Crippen LogP contribution in [0.2, 0.25) is 0 Å². The third-order valence-corrected chi connectivity index (χ3v) is 2.82. The van der Waals surface area contributed by atoms with Gasteiger partial charge in [0.15, 0.2) is 5.69 Å². The summed E-state index contributed by atoms with van der Waals surface area (Å²) in [7, 11) is 0. The van der Waals surface area contributed by atoms with E-state index >= 15 is 0 Å². The fourth-order valence-electron chi connectivity index (χ4n) is 1.86. The highest BCUT2D eigenvalue weighted by atomic mass is 19.4. The van der Waals surface area contributed by atoms with Crippen LogP contribution in [0.1, 0.15) is 32.0 Å². The smallest absolute Gasteiger partial charge is 0.366 e. The van der Waals surface area contributed by atoms with Gasteiger partial charge in [0.2, 0.25) is 5.95 Å². The molecule has 23 heavy (non-hydrogen) atoms. The monoisotopic (exact) mass is 324 g/mol. The Kier molecular flexibility index (Phi) is 4.77. The van der Waals surface area contributed by atoms with Crippen molar-refractivity contribution >= 4 is 11.8 Å². The van der Waals surface area contributed by atoms with Gasteiger partial charge in [-0.3, -0.25) is 0 Å². The van der Waals surface area contributed by atoms with Gasteiger partial charge in [0.25, 0.3) is 0 Å². The molecule has 0 aliphatic rings. The molecule has 7 heteroatoms. The SMILES string of the molecule is CC(C)(C)Nc1nc(NCc2ccccc2)cc(C(F)(F)F)n1. The van der Waals surface area contributed by atoms with Crippen molar-refractivity contribution in [3.8, 4) is 0 Å². The first-order valence-corrected chi connectivity index (χ1v) is 7.16. The molecule has 0 spiro atoms. The molecule has 0 saturated carbocycles. The van der Waals surface area contributed by atoms with Crippen LogP contribution in [0.5, 0.6) is 0 Å². The number of hydrogen-bond donors (Lipinski definition) is 2. The Morgan fingerprint density at radius 3 is 2.22 bits per heavy atom. The highest BCUT2D eigenvalue weighted by molar-refractivity contribution is 5.44. The molecule has 0 saturated heterocycles. The van der Waals surface area contributed by atoms with Crippen LogP contribution >= 0.6 is 0 Å². The zero-order valence-electron chi connectivity index (χ0n) is 13.2. The van der Waals surface area contributed by atoms with Crippen molar-refractivity contribution in [1.29, 1.82) is 0 Å². The summed E-state index contributed by atoms with van der Waals surface area (Å²) in [5.74, 6) is 0.0748. The van der Waals surface area contributed by atoms with Crippen LogP contribution < -0.4 is 10.6 Å². The maximum absolute atomic E-state index is 13.0. The molecule has 1 heterocycles. The molecule has 124 valence electrons. The summed E-state index contributed by atoms with van der Waals surface area (Å²) in [6.07, 6.45) is -4.53. The fraction of sp³-hybridized carbons (Fsp3) is 0.375. The number of nitrogens with zero attached hydrogens (tertiary/aromatic N) is 2. The molecule has 2 N–H and O–H groups in total. The van der Waals surface area contributed by atoms with Crippen LogP contribution in [0, 0.1) is 0 Å². The van der Waals surface area contributed by atoms with Gasteiger partial charge in [-0.2, -0.15) is 18.2 Å². The zero-order chi connectivity index (χ0) is 17.1. The lowest BCUT2D eigenvalue weighted by Gasteiger charge is -2.21. The largest absolute Gasteiger partial charge is 0.433 e. The Hall–Kier alpha value is -2.31. The van der Waals surface area contributed by atoms with Crippen molar-refractivity contribution < 1.29 is 13.2 Å². The van der Waals surface area contributed by atoms with Crippen LogP contribution in [-0.4, -0.2) is 15.5 Å². The first kappa shape index (κ1) is 17.1. The second-order valence-corrected chi connectivity index (χ2v) is 6.17. The Balaban J connectivity index is 2.25. The van der Waals surface area contributed by atoms with E-state index in [-0.39, 0.29) is 11.8 Å². The minimum absolute atomic E-state index is 0.0529. The first-order chi connectivity index (χ1) is 10.6. The average molecular weight is 324 g/mol. The fourth-order valence-corrected chi connectivity index (χ4v) is 1.86. The van der Waals surface area contributed by atoms with E-state index in [9.17, 15) is 13.2 Å². The predicted molar refractivity (Wildman–Crippen MR) is 84.2 cm³/mol. The number of halogens is 3. The number of aromatic nitrogens is 2. The summed E-state index contributed by atoms with van der Waals surface area (Å²) in [5, 5.41) is 5.78. The minimum Gasteiger partial charge on any atom is -0.366 e. The van der Waals surface area contributed by atoms with E-state index < -0.39 is 17.4 Å². The van der Waals surface area contributed by atoms with Crippen LogP contribution in [0.25, 0.3) is 0 Å². The van der Waals surface area contributed by atoms with Gasteiger partial charge in [-0.05, 0) is 26.3 Å². The molecule has 2 rings (SSSR count). The molecule has 0 fully saturated rings. The standard InChI is InChI=1S/C16H19F3N4/c1-15(2,3)23-14-21-12(16(17,18)19)9-13(22-14)20-10-11-7-5-4-6-8-11/h4-9H,10H2,1-3H3,(H2,20,21,22,23). The highest BCUT2D eigenvalue weighted by Crippen LogP contribution is 2.30. The highest BCUT2D eigenvalue weighted by Gasteiger charge is 2.34. The van der Waals surface area contributed by atoms with Crippen LogP contribution in [-0.2, 0) is 12.7 Å². The third-order valence-electron chi connectivity index (χ3n) is 2.82. The van der Waals surface area contributed by atoms with Crippen molar-refractivity contribution in [1.82, 2.24) is 9.97 Å². The van der Waals surface area contributed by atoms with Crippen LogP contribution in [0.4, 0.5) is 24.9 Å². The molecule has 0 aliphatic heterocycles. The lowest BCUT2D eigenvalue weighted by Crippen LogP contribution is -2.28. The van der Waals surface area contributed by atoms with E-state index in [2.05, 4.69) is 20.6 Å². The summed E-state index contributed by atoms with van der Waals surface area (Å²) < 4.78 is 39.0. The zero-order valence-corrected chi connectivity index (χ0v) is 13.2. The van der Waals surface area contributed by atoms with Gasteiger partial charge in [-0.1, -0.05) is 30.3 Å². The topological polar surface area (TPSA) is 49.8 Å². The molecule has 0 atom stereocenters. The van der Waals surface area contributed by atoms with E-state index in [1.54, 1.807) is 0 Å². The van der Waals surface area contributed by atoms with E-state index in [0.717, 1.165) is 11.6 Å². The first-order valence-electron chi connectivity index (χ1n) is 7.16. The third kappa shape index (κ3) is 5.43. The van der Waals surface area contributed by atoms with Crippen molar-refractivity contribution in [2.45, 2.75) is 39.0 Å². The predicted octanol–water partition coefficient (Wildman–Crippen LogP) is 4.32.